The van der Waals surface area contributed by atoms with E-state index < -0.39 is 0 Å². The zero-order valence-corrected chi connectivity index (χ0v) is 9.86. The first-order valence-corrected chi connectivity index (χ1v) is 5.39. The molecule has 0 amide bonds. The van der Waals surface area contributed by atoms with Gasteiger partial charge < -0.3 is 10.3 Å². The average Bonchev–Trinajstić information content (AvgIpc) is 2.59. The Morgan fingerprint density at radius 3 is 2.62 bits per heavy atom. The fourth-order valence-electron chi connectivity index (χ4n) is 1.90. The third-order valence-corrected chi connectivity index (χ3v) is 2.74. The molecule has 0 saturated heterocycles. The molecule has 1 aromatic heterocycles. The molecule has 0 aliphatic rings. The van der Waals surface area contributed by atoms with Gasteiger partial charge in [0.05, 0.1) is 0 Å². The van der Waals surface area contributed by atoms with E-state index in [2.05, 4.69) is 21.7 Å². The molecule has 1 aromatic carbocycles. The second kappa shape index (κ2) is 3.96. The van der Waals surface area contributed by atoms with Crippen LogP contribution < -0.4 is 5.73 Å². The highest BCUT2D eigenvalue weighted by atomic mass is 15.3. The van der Waals surface area contributed by atoms with E-state index in [4.69, 9.17) is 5.73 Å². The van der Waals surface area contributed by atoms with Crippen LogP contribution in [0.3, 0.4) is 0 Å². The van der Waals surface area contributed by atoms with Crippen LogP contribution in [0, 0.1) is 13.8 Å². The molecule has 84 valence electrons. The Balaban J connectivity index is 2.58. The van der Waals surface area contributed by atoms with Crippen molar-refractivity contribution in [3.8, 4) is 11.4 Å². The highest BCUT2D eigenvalue weighted by molar-refractivity contribution is 5.64. The lowest BCUT2D eigenvalue weighted by Gasteiger charge is -2.08. The molecular formula is C12H16N4. The summed E-state index contributed by atoms with van der Waals surface area (Å²) in [5.74, 6) is 1.85. The molecule has 16 heavy (non-hydrogen) atoms. The number of nitrogen functional groups attached to an aromatic ring is 1. The van der Waals surface area contributed by atoms with Crippen molar-refractivity contribution < 1.29 is 0 Å². The Morgan fingerprint density at radius 1 is 1.25 bits per heavy atom. The van der Waals surface area contributed by atoms with Gasteiger partial charge in [0.2, 0.25) is 0 Å². The maximum Gasteiger partial charge on any atom is 0.164 e. The first kappa shape index (κ1) is 10.7. The Labute approximate surface area is 95.1 Å². The third-order valence-electron chi connectivity index (χ3n) is 2.74. The summed E-state index contributed by atoms with van der Waals surface area (Å²) in [5, 5.41) is 8.33. The van der Waals surface area contributed by atoms with E-state index in [0.717, 1.165) is 35.0 Å². The molecular weight excluding hydrogens is 200 g/mol. The standard InChI is InChI=1S/C12H16N4/c1-4-16-9(3)14-15-12(16)11-6-5-10(13)7-8(11)2/h5-7H,4,13H2,1-3H3. The first-order valence-electron chi connectivity index (χ1n) is 5.39. The summed E-state index contributed by atoms with van der Waals surface area (Å²) in [6, 6.07) is 5.85. The van der Waals surface area contributed by atoms with Gasteiger partial charge in [-0.05, 0) is 44.5 Å². The number of nitrogens with two attached hydrogens (primary N) is 1. The Bertz CT molecular complexity index is 514. The summed E-state index contributed by atoms with van der Waals surface area (Å²) in [7, 11) is 0. The number of hydrogen-bond donors (Lipinski definition) is 1. The van der Waals surface area contributed by atoms with Gasteiger partial charge in [-0.1, -0.05) is 0 Å². The van der Waals surface area contributed by atoms with Crippen LogP contribution in [0.4, 0.5) is 5.69 Å². The summed E-state index contributed by atoms with van der Waals surface area (Å²) in [6.45, 7) is 6.97. The Morgan fingerprint density at radius 2 is 2.00 bits per heavy atom. The van der Waals surface area contributed by atoms with E-state index in [-0.39, 0.29) is 0 Å². The predicted octanol–water partition coefficient (Wildman–Crippen LogP) is 2.16. The van der Waals surface area contributed by atoms with E-state index in [9.17, 15) is 0 Å². The molecule has 0 unspecified atom stereocenters. The fourth-order valence-corrected chi connectivity index (χ4v) is 1.90. The zero-order chi connectivity index (χ0) is 11.7. The minimum atomic E-state index is 0.778. The molecule has 2 rings (SSSR count). The fraction of sp³-hybridized carbons (Fsp3) is 0.333. The van der Waals surface area contributed by atoms with Crippen LogP contribution in [0.1, 0.15) is 18.3 Å². The maximum absolute atomic E-state index is 5.74. The molecule has 0 aliphatic heterocycles. The number of rotatable bonds is 2. The monoisotopic (exact) mass is 216 g/mol. The molecule has 4 nitrogen and oxygen atoms in total. The number of nitrogens with zero attached hydrogens (tertiary/aromatic N) is 3. The molecule has 0 radical (unpaired) electrons. The molecule has 0 fully saturated rings. The summed E-state index contributed by atoms with van der Waals surface area (Å²) in [4.78, 5) is 0. The molecule has 4 heteroatoms. The van der Waals surface area contributed by atoms with Crippen molar-refractivity contribution in [2.24, 2.45) is 0 Å². The molecule has 0 bridgehead atoms. The second-order valence-corrected chi connectivity index (χ2v) is 3.89. The van der Waals surface area contributed by atoms with Gasteiger partial charge in [-0.25, -0.2) is 0 Å². The van der Waals surface area contributed by atoms with Crippen LogP contribution in [-0.2, 0) is 6.54 Å². The number of hydrogen-bond acceptors (Lipinski definition) is 3. The predicted molar refractivity (Wildman–Crippen MR) is 65.0 cm³/mol. The summed E-state index contributed by atoms with van der Waals surface area (Å²) < 4.78 is 2.10. The average molecular weight is 216 g/mol. The SMILES string of the molecule is CCn1c(C)nnc1-c1ccc(N)cc1C. The molecule has 2 aromatic rings. The summed E-state index contributed by atoms with van der Waals surface area (Å²) in [6.07, 6.45) is 0. The second-order valence-electron chi connectivity index (χ2n) is 3.89. The first-order chi connectivity index (χ1) is 7.63. The Hall–Kier alpha value is -1.84. The van der Waals surface area contributed by atoms with E-state index in [1.807, 2.05) is 32.0 Å². The van der Waals surface area contributed by atoms with Gasteiger partial charge in [0.1, 0.15) is 5.82 Å². The Kier molecular flexibility index (Phi) is 2.64. The third kappa shape index (κ3) is 1.66. The lowest BCUT2D eigenvalue weighted by Crippen LogP contribution is -2.01. The van der Waals surface area contributed by atoms with Crippen molar-refractivity contribution in [1.29, 1.82) is 0 Å². The number of benzene rings is 1. The van der Waals surface area contributed by atoms with Crippen LogP contribution in [-0.4, -0.2) is 14.8 Å². The molecule has 1 heterocycles. The van der Waals surface area contributed by atoms with Gasteiger partial charge in [-0.15, -0.1) is 10.2 Å². The lowest BCUT2D eigenvalue weighted by molar-refractivity contribution is 0.736. The van der Waals surface area contributed by atoms with Crippen LogP contribution >= 0.6 is 0 Å². The highest BCUT2D eigenvalue weighted by Crippen LogP contribution is 2.23. The van der Waals surface area contributed by atoms with Gasteiger partial charge in [-0.3, -0.25) is 0 Å². The lowest BCUT2D eigenvalue weighted by atomic mass is 10.1. The molecule has 0 aliphatic carbocycles. The normalized spacial score (nSPS) is 10.7. The van der Waals surface area contributed by atoms with E-state index in [0.29, 0.717) is 0 Å². The van der Waals surface area contributed by atoms with Crippen molar-refractivity contribution in [2.75, 3.05) is 5.73 Å². The molecule has 0 saturated carbocycles. The molecule has 2 N–H and O–H groups in total. The number of aryl methyl sites for hydroxylation is 2. The summed E-state index contributed by atoms with van der Waals surface area (Å²) in [5.41, 5.74) is 8.74. The van der Waals surface area contributed by atoms with Crippen molar-refractivity contribution in [3.63, 3.8) is 0 Å². The van der Waals surface area contributed by atoms with Gasteiger partial charge in [0.15, 0.2) is 5.82 Å². The van der Waals surface area contributed by atoms with E-state index in [1.165, 1.54) is 0 Å². The minimum Gasteiger partial charge on any atom is -0.399 e. The van der Waals surface area contributed by atoms with E-state index in [1.54, 1.807) is 0 Å². The maximum atomic E-state index is 5.74. The van der Waals surface area contributed by atoms with Gasteiger partial charge in [-0.2, -0.15) is 0 Å². The zero-order valence-electron chi connectivity index (χ0n) is 9.86. The van der Waals surface area contributed by atoms with E-state index >= 15 is 0 Å². The van der Waals surface area contributed by atoms with Crippen molar-refractivity contribution in [3.05, 3.63) is 29.6 Å². The molecule has 0 spiro atoms. The van der Waals surface area contributed by atoms with Gasteiger partial charge >= 0.3 is 0 Å². The van der Waals surface area contributed by atoms with Crippen molar-refractivity contribution in [1.82, 2.24) is 14.8 Å². The van der Waals surface area contributed by atoms with Crippen molar-refractivity contribution in [2.45, 2.75) is 27.3 Å². The minimum absolute atomic E-state index is 0.778. The highest BCUT2D eigenvalue weighted by Gasteiger charge is 2.11. The number of aromatic nitrogens is 3. The number of anilines is 1. The van der Waals surface area contributed by atoms with Crippen LogP contribution in [0.5, 0.6) is 0 Å². The topological polar surface area (TPSA) is 56.7 Å². The van der Waals surface area contributed by atoms with Gasteiger partial charge in [0, 0.05) is 17.8 Å². The van der Waals surface area contributed by atoms with Crippen LogP contribution in [0.2, 0.25) is 0 Å². The smallest absolute Gasteiger partial charge is 0.164 e. The van der Waals surface area contributed by atoms with Crippen molar-refractivity contribution >= 4 is 5.69 Å². The quantitative estimate of drug-likeness (QED) is 0.783. The summed E-state index contributed by atoms with van der Waals surface area (Å²) >= 11 is 0. The molecule has 0 atom stereocenters. The largest absolute Gasteiger partial charge is 0.399 e. The van der Waals surface area contributed by atoms with Crippen LogP contribution in [0.25, 0.3) is 11.4 Å². The van der Waals surface area contributed by atoms with Crippen LogP contribution in [0.15, 0.2) is 18.2 Å². The van der Waals surface area contributed by atoms with Gasteiger partial charge in [0.25, 0.3) is 0 Å².